The smallest absolute Gasteiger partial charge is 0.254 e. The van der Waals surface area contributed by atoms with Crippen molar-refractivity contribution in [3.63, 3.8) is 0 Å². The average molecular weight is 314 g/mol. The largest absolute Gasteiger partial charge is 0.328 e. The van der Waals surface area contributed by atoms with Crippen molar-refractivity contribution in [1.29, 1.82) is 0 Å². The Morgan fingerprint density at radius 1 is 0.955 bits per heavy atom. The Bertz CT molecular complexity index is 682. The normalized spacial score (nSPS) is 17.5. The van der Waals surface area contributed by atoms with E-state index < -0.39 is 0 Å². The number of hydrogen-bond acceptors (Lipinski definition) is 2. The monoisotopic (exact) mass is 313 g/mol. The molecule has 1 aliphatic heterocycles. The van der Waals surface area contributed by atoms with Gasteiger partial charge in [-0.05, 0) is 37.1 Å². The van der Waals surface area contributed by atoms with Crippen molar-refractivity contribution >= 4 is 23.3 Å². The summed E-state index contributed by atoms with van der Waals surface area (Å²) in [5.74, 6) is -0.0936. The number of hydrogen-bond donors (Lipinski definition) is 0. The first-order valence-electron chi connectivity index (χ1n) is 7.32. The van der Waals surface area contributed by atoms with Crippen LogP contribution in [0.3, 0.4) is 0 Å². The number of ketones is 1. The molecule has 4 heteroatoms. The highest BCUT2D eigenvalue weighted by molar-refractivity contribution is 6.30. The summed E-state index contributed by atoms with van der Waals surface area (Å²) in [6, 6.07) is 15.6. The number of Topliss-reactive ketones (excluding diaryl/α,β-unsaturated/α-hetero) is 1. The lowest BCUT2D eigenvalue weighted by Crippen LogP contribution is -2.40. The molecule has 2 aromatic rings. The topological polar surface area (TPSA) is 37.4 Å². The van der Waals surface area contributed by atoms with Gasteiger partial charge in [0, 0.05) is 22.7 Å². The Morgan fingerprint density at radius 3 is 2.32 bits per heavy atom. The molecule has 22 heavy (non-hydrogen) atoms. The maximum absolute atomic E-state index is 12.6. The zero-order chi connectivity index (χ0) is 15.5. The zero-order valence-corrected chi connectivity index (χ0v) is 12.8. The Hall–Kier alpha value is -2.13. The molecular formula is C18H16ClNO2. The molecule has 0 aromatic heterocycles. The van der Waals surface area contributed by atoms with Crippen LogP contribution in [0.1, 0.15) is 33.6 Å². The van der Waals surface area contributed by atoms with E-state index in [0.717, 1.165) is 6.42 Å². The van der Waals surface area contributed by atoms with Crippen molar-refractivity contribution in [2.24, 2.45) is 0 Å². The third-order valence-corrected chi connectivity index (χ3v) is 4.22. The third-order valence-electron chi connectivity index (χ3n) is 3.97. The number of carbonyl (C=O) groups is 2. The molecule has 2 aromatic carbocycles. The Morgan fingerprint density at radius 2 is 1.64 bits per heavy atom. The molecule has 3 nitrogen and oxygen atoms in total. The highest BCUT2D eigenvalue weighted by atomic mass is 35.5. The van der Waals surface area contributed by atoms with Gasteiger partial charge in [0.2, 0.25) is 0 Å². The van der Waals surface area contributed by atoms with Gasteiger partial charge in [0.15, 0.2) is 5.78 Å². The molecule has 0 aliphatic carbocycles. The summed E-state index contributed by atoms with van der Waals surface area (Å²) in [5, 5.41) is 0.592. The van der Waals surface area contributed by atoms with Crippen LogP contribution in [0.2, 0.25) is 5.02 Å². The second-order valence-electron chi connectivity index (χ2n) is 5.39. The minimum absolute atomic E-state index is 0.0143. The summed E-state index contributed by atoms with van der Waals surface area (Å²) >= 11 is 5.86. The fourth-order valence-electron chi connectivity index (χ4n) is 2.84. The molecule has 1 unspecified atom stereocenters. The minimum Gasteiger partial charge on any atom is -0.328 e. The van der Waals surface area contributed by atoms with Crippen LogP contribution in [-0.4, -0.2) is 29.2 Å². The van der Waals surface area contributed by atoms with E-state index in [2.05, 4.69) is 0 Å². The maximum Gasteiger partial charge on any atom is 0.254 e. The molecule has 3 rings (SSSR count). The van der Waals surface area contributed by atoms with Crippen LogP contribution in [0.25, 0.3) is 0 Å². The van der Waals surface area contributed by atoms with Crippen LogP contribution >= 0.6 is 11.6 Å². The molecule has 1 saturated heterocycles. The Balaban J connectivity index is 1.82. The molecule has 0 spiro atoms. The number of carbonyl (C=O) groups excluding carboxylic acids is 2. The van der Waals surface area contributed by atoms with E-state index in [1.165, 1.54) is 0 Å². The zero-order valence-electron chi connectivity index (χ0n) is 12.0. The molecule has 1 aliphatic rings. The first-order chi connectivity index (χ1) is 10.7. The second kappa shape index (κ2) is 6.32. The summed E-state index contributed by atoms with van der Waals surface area (Å²) < 4.78 is 0. The van der Waals surface area contributed by atoms with E-state index in [9.17, 15) is 9.59 Å². The van der Waals surface area contributed by atoms with Crippen LogP contribution < -0.4 is 0 Å². The number of halogens is 1. The molecule has 0 N–H and O–H groups in total. The van der Waals surface area contributed by atoms with E-state index in [0.29, 0.717) is 29.1 Å². The van der Waals surface area contributed by atoms with Crippen LogP contribution in [0.4, 0.5) is 0 Å². The van der Waals surface area contributed by atoms with Crippen molar-refractivity contribution in [1.82, 2.24) is 4.90 Å². The third kappa shape index (κ3) is 2.90. The van der Waals surface area contributed by atoms with Gasteiger partial charge >= 0.3 is 0 Å². The number of amides is 1. The summed E-state index contributed by atoms with van der Waals surface area (Å²) in [7, 11) is 0. The van der Waals surface area contributed by atoms with E-state index in [4.69, 9.17) is 11.6 Å². The van der Waals surface area contributed by atoms with Crippen molar-refractivity contribution in [3.05, 3.63) is 70.7 Å². The standard InChI is InChI=1S/C18H16ClNO2/c19-15-10-8-14(9-11-15)18(22)20-12-4-7-16(20)17(21)13-5-2-1-3-6-13/h1-3,5-6,8-11,16H,4,7,12H2. The molecule has 0 radical (unpaired) electrons. The fraction of sp³-hybridized carbons (Fsp3) is 0.222. The lowest BCUT2D eigenvalue weighted by Gasteiger charge is -2.24. The van der Waals surface area contributed by atoms with Gasteiger partial charge in [-0.25, -0.2) is 0 Å². The van der Waals surface area contributed by atoms with E-state index in [1.54, 1.807) is 41.3 Å². The molecule has 1 fully saturated rings. The van der Waals surface area contributed by atoms with Gasteiger partial charge in [-0.15, -0.1) is 0 Å². The predicted octanol–water partition coefficient (Wildman–Crippen LogP) is 3.83. The van der Waals surface area contributed by atoms with Crippen LogP contribution in [0, 0.1) is 0 Å². The van der Waals surface area contributed by atoms with E-state index >= 15 is 0 Å². The summed E-state index contributed by atoms with van der Waals surface area (Å²) in [6.07, 6.45) is 1.57. The van der Waals surface area contributed by atoms with Crippen molar-refractivity contribution in [2.75, 3.05) is 6.54 Å². The summed E-state index contributed by atoms with van der Waals surface area (Å²) in [5.41, 5.74) is 1.22. The SMILES string of the molecule is O=C(c1ccccc1)C1CCCN1C(=O)c1ccc(Cl)cc1. The van der Waals surface area contributed by atoms with Gasteiger partial charge < -0.3 is 4.90 Å². The number of rotatable bonds is 3. The van der Waals surface area contributed by atoms with Gasteiger partial charge in [-0.2, -0.15) is 0 Å². The van der Waals surface area contributed by atoms with Crippen LogP contribution in [0.5, 0.6) is 0 Å². The number of nitrogens with zero attached hydrogens (tertiary/aromatic N) is 1. The van der Waals surface area contributed by atoms with Gasteiger partial charge in [0.05, 0.1) is 6.04 Å². The minimum atomic E-state index is -0.370. The fourth-order valence-corrected chi connectivity index (χ4v) is 2.96. The molecule has 1 heterocycles. The molecule has 1 amide bonds. The van der Waals surface area contributed by atoms with Gasteiger partial charge in [0.25, 0.3) is 5.91 Å². The van der Waals surface area contributed by atoms with E-state index in [-0.39, 0.29) is 17.7 Å². The highest BCUT2D eigenvalue weighted by Gasteiger charge is 2.34. The highest BCUT2D eigenvalue weighted by Crippen LogP contribution is 2.24. The van der Waals surface area contributed by atoms with Gasteiger partial charge in [0.1, 0.15) is 0 Å². The molecule has 112 valence electrons. The lowest BCUT2D eigenvalue weighted by atomic mass is 10.0. The van der Waals surface area contributed by atoms with E-state index in [1.807, 2.05) is 18.2 Å². The van der Waals surface area contributed by atoms with Crippen molar-refractivity contribution in [2.45, 2.75) is 18.9 Å². The maximum atomic E-state index is 12.6. The van der Waals surface area contributed by atoms with Gasteiger partial charge in [-0.3, -0.25) is 9.59 Å². The average Bonchev–Trinajstić information content (AvgIpc) is 3.04. The molecule has 0 bridgehead atoms. The van der Waals surface area contributed by atoms with Gasteiger partial charge in [-0.1, -0.05) is 41.9 Å². The predicted molar refractivity (Wildman–Crippen MR) is 86.3 cm³/mol. The lowest BCUT2D eigenvalue weighted by molar-refractivity contribution is 0.0671. The van der Waals surface area contributed by atoms with Crippen molar-refractivity contribution in [3.8, 4) is 0 Å². The quantitative estimate of drug-likeness (QED) is 0.808. The number of likely N-dealkylation sites (tertiary alicyclic amines) is 1. The summed E-state index contributed by atoms with van der Waals surface area (Å²) in [4.78, 5) is 26.9. The molecule has 0 saturated carbocycles. The second-order valence-corrected chi connectivity index (χ2v) is 5.83. The van der Waals surface area contributed by atoms with Crippen LogP contribution in [-0.2, 0) is 0 Å². The van der Waals surface area contributed by atoms with Crippen LogP contribution in [0.15, 0.2) is 54.6 Å². The number of benzene rings is 2. The molecule has 1 atom stereocenters. The first kappa shape index (κ1) is 14.8. The molecular weight excluding hydrogens is 298 g/mol. The Labute approximate surface area is 134 Å². The summed E-state index contributed by atoms with van der Waals surface area (Å²) in [6.45, 7) is 0.616. The Kier molecular flexibility index (Phi) is 4.25. The first-order valence-corrected chi connectivity index (χ1v) is 7.70. The van der Waals surface area contributed by atoms with Crippen molar-refractivity contribution < 1.29 is 9.59 Å².